The lowest BCUT2D eigenvalue weighted by Crippen LogP contribution is -2.11. The average Bonchev–Trinajstić information content (AvgIpc) is 2.32. The van der Waals surface area contributed by atoms with E-state index >= 15 is 0 Å². The van der Waals surface area contributed by atoms with Gasteiger partial charge in [-0.05, 0) is 36.6 Å². The molecule has 0 fully saturated rings. The van der Waals surface area contributed by atoms with Gasteiger partial charge in [0.05, 0.1) is 0 Å². The molecule has 0 aliphatic carbocycles. The number of carbonyl (C=O) groups excluding carboxylic acids is 1. The number of unbranched alkanes of at least 4 members (excludes halogenated alkanes) is 1. The van der Waals surface area contributed by atoms with E-state index in [1.54, 1.807) is 18.2 Å². The third-order valence-corrected chi connectivity index (χ3v) is 2.75. The zero-order chi connectivity index (χ0) is 13.5. The summed E-state index contributed by atoms with van der Waals surface area (Å²) < 4.78 is 5.45. The van der Waals surface area contributed by atoms with Gasteiger partial charge >= 0.3 is 5.97 Å². The van der Waals surface area contributed by atoms with Crippen LogP contribution in [0.2, 0.25) is 0 Å². The van der Waals surface area contributed by atoms with E-state index in [1.807, 2.05) is 13.8 Å². The lowest BCUT2D eigenvalue weighted by molar-refractivity contribution is -0.149. The highest BCUT2D eigenvalue weighted by atomic mass is 16.5. The molecule has 0 bridgehead atoms. The normalized spacial score (nSPS) is 12.1. The summed E-state index contributed by atoms with van der Waals surface area (Å²) in [7, 11) is 0. The van der Waals surface area contributed by atoms with Gasteiger partial charge in [0.25, 0.3) is 0 Å². The topological polar surface area (TPSA) is 78.3 Å². The minimum absolute atomic E-state index is 0.162. The Hall–Kier alpha value is -1.71. The van der Waals surface area contributed by atoms with E-state index in [2.05, 4.69) is 0 Å². The molecule has 4 nitrogen and oxygen atoms in total. The SMILES string of the molecule is CCCCC(=O)OC(CC)c1cc(N)cc(N)c1. The maximum atomic E-state index is 11.6. The molecule has 0 aliphatic rings. The maximum Gasteiger partial charge on any atom is 0.306 e. The summed E-state index contributed by atoms with van der Waals surface area (Å²) in [4.78, 5) is 11.6. The Morgan fingerprint density at radius 1 is 1.22 bits per heavy atom. The Morgan fingerprint density at radius 2 is 1.83 bits per heavy atom. The number of ether oxygens (including phenoxy) is 1. The molecule has 0 heterocycles. The highest BCUT2D eigenvalue weighted by Gasteiger charge is 2.15. The van der Waals surface area contributed by atoms with Gasteiger partial charge < -0.3 is 16.2 Å². The molecular formula is C14H22N2O2. The van der Waals surface area contributed by atoms with Gasteiger partial charge in [0.1, 0.15) is 6.10 Å². The predicted octanol–water partition coefficient (Wildman–Crippen LogP) is 3.04. The monoisotopic (exact) mass is 250 g/mol. The third-order valence-electron chi connectivity index (χ3n) is 2.75. The molecule has 0 saturated carbocycles. The fraction of sp³-hybridized carbons (Fsp3) is 0.500. The molecule has 1 unspecified atom stereocenters. The van der Waals surface area contributed by atoms with E-state index < -0.39 is 0 Å². The third kappa shape index (κ3) is 4.28. The summed E-state index contributed by atoms with van der Waals surface area (Å²) in [5, 5.41) is 0. The van der Waals surface area contributed by atoms with Crippen molar-refractivity contribution in [3.8, 4) is 0 Å². The Bertz CT molecular complexity index is 385. The van der Waals surface area contributed by atoms with E-state index in [4.69, 9.17) is 16.2 Å². The smallest absolute Gasteiger partial charge is 0.306 e. The molecule has 18 heavy (non-hydrogen) atoms. The number of hydrogen-bond acceptors (Lipinski definition) is 4. The van der Waals surface area contributed by atoms with Crippen LogP contribution in [-0.4, -0.2) is 5.97 Å². The van der Waals surface area contributed by atoms with Crippen LogP contribution in [0.15, 0.2) is 18.2 Å². The van der Waals surface area contributed by atoms with Crippen LogP contribution in [0.1, 0.15) is 51.2 Å². The zero-order valence-corrected chi connectivity index (χ0v) is 11.1. The molecule has 4 heteroatoms. The molecular weight excluding hydrogens is 228 g/mol. The second-order valence-electron chi connectivity index (χ2n) is 4.42. The van der Waals surface area contributed by atoms with Crippen molar-refractivity contribution < 1.29 is 9.53 Å². The van der Waals surface area contributed by atoms with Crippen molar-refractivity contribution in [1.82, 2.24) is 0 Å². The van der Waals surface area contributed by atoms with Gasteiger partial charge in [-0.2, -0.15) is 0 Å². The van der Waals surface area contributed by atoms with Crippen LogP contribution in [0.25, 0.3) is 0 Å². The van der Waals surface area contributed by atoms with Crippen LogP contribution in [0.5, 0.6) is 0 Å². The molecule has 0 aromatic heterocycles. The van der Waals surface area contributed by atoms with Gasteiger partial charge in [-0.1, -0.05) is 20.3 Å². The number of esters is 1. The molecule has 100 valence electrons. The van der Waals surface area contributed by atoms with Gasteiger partial charge in [0, 0.05) is 17.8 Å². The number of anilines is 2. The molecule has 0 radical (unpaired) electrons. The van der Waals surface area contributed by atoms with Crippen molar-refractivity contribution in [1.29, 1.82) is 0 Å². The van der Waals surface area contributed by atoms with Gasteiger partial charge in [0.2, 0.25) is 0 Å². The van der Waals surface area contributed by atoms with Gasteiger partial charge in [-0.25, -0.2) is 0 Å². The summed E-state index contributed by atoms with van der Waals surface area (Å²) >= 11 is 0. The lowest BCUT2D eigenvalue weighted by atomic mass is 10.1. The van der Waals surface area contributed by atoms with E-state index in [1.165, 1.54) is 0 Å². The first-order chi connectivity index (χ1) is 8.56. The van der Waals surface area contributed by atoms with Gasteiger partial charge in [0.15, 0.2) is 0 Å². The number of rotatable bonds is 6. The highest BCUT2D eigenvalue weighted by molar-refractivity contribution is 5.69. The van der Waals surface area contributed by atoms with Crippen molar-refractivity contribution in [3.05, 3.63) is 23.8 Å². The van der Waals surface area contributed by atoms with E-state index in [9.17, 15) is 4.79 Å². The summed E-state index contributed by atoms with van der Waals surface area (Å²) in [6, 6.07) is 5.30. The van der Waals surface area contributed by atoms with Gasteiger partial charge in [-0.15, -0.1) is 0 Å². The molecule has 1 atom stereocenters. The minimum Gasteiger partial charge on any atom is -0.457 e. The number of carbonyl (C=O) groups is 1. The first-order valence-corrected chi connectivity index (χ1v) is 6.42. The Morgan fingerprint density at radius 3 is 2.33 bits per heavy atom. The van der Waals surface area contributed by atoms with Crippen molar-refractivity contribution in [2.24, 2.45) is 0 Å². The minimum atomic E-state index is -0.264. The fourth-order valence-corrected chi connectivity index (χ4v) is 1.81. The average molecular weight is 250 g/mol. The lowest BCUT2D eigenvalue weighted by Gasteiger charge is -2.17. The Kier molecular flexibility index (Phi) is 5.49. The van der Waals surface area contributed by atoms with E-state index in [0.717, 1.165) is 18.4 Å². The Balaban J connectivity index is 2.73. The van der Waals surface area contributed by atoms with Crippen LogP contribution >= 0.6 is 0 Å². The predicted molar refractivity (Wildman–Crippen MR) is 73.9 cm³/mol. The maximum absolute atomic E-state index is 11.6. The number of benzene rings is 1. The quantitative estimate of drug-likeness (QED) is 0.601. The van der Waals surface area contributed by atoms with Crippen LogP contribution < -0.4 is 11.5 Å². The fourth-order valence-electron chi connectivity index (χ4n) is 1.81. The van der Waals surface area contributed by atoms with Gasteiger partial charge in [-0.3, -0.25) is 4.79 Å². The molecule has 0 saturated heterocycles. The second-order valence-corrected chi connectivity index (χ2v) is 4.42. The van der Waals surface area contributed by atoms with Crippen molar-refractivity contribution in [3.63, 3.8) is 0 Å². The van der Waals surface area contributed by atoms with Crippen LogP contribution in [-0.2, 0) is 9.53 Å². The summed E-state index contributed by atoms with van der Waals surface area (Å²) in [6.07, 6.45) is 2.75. The molecule has 0 spiro atoms. The molecule has 1 aromatic rings. The first kappa shape index (κ1) is 14.4. The van der Waals surface area contributed by atoms with E-state index in [0.29, 0.717) is 24.2 Å². The summed E-state index contributed by atoms with van der Waals surface area (Å²) in [5.74, 6) is -0.162. The zero-order valence-electron chi connectivity index (χ0n) is 11.1. The first-order valence-electron chi connectivity index (χ1n) is 6.42. The van der Waals surface area contributed by atoms with Crippen molar-refractivity contribution in [2.75, 3.05) is 11.5 Å². The molecule has 4 N–H and O–H groups in total. The summed E-state index contributed by atoms with van der Waals surface area (Å²) in [5.41, 5.74) is 13.5. The number of nitrogen functional groups attached to an aromatic ring is 2. The molecule has 1 aromatic carbocycles. The standard InChI is InChI=1S/C14H22N2O2/c1-3-5-6-14(17)18-13(4-2)10-7-11(15)9-12(16)8-10/h7-9,13H,3-6,15-16H2,1-2H3. The number of nitrogens with two attached hydrogens (primary N) is 2. The Labute approximate surface area is 108 Å². The highest BCUT2D eigenvalue weighted by Crippen LogP contribution is 2.26. The summed E-state index contributed by atoms with van der Waals surface area (Å²) in [6.45, 7) is 4.01. The molecule has 0 aliphatic heterocycles. The second kappa shape index (κ2) is 6.89. The van der Waals surface area contributed by atoms with Crippen LogP contribution in [0.4, 0.5) is 11.4 Å². The van der Waals surface area contributed by atoms with Crippen molar-refractivity contribution in [2.45, 2.75) is 45.6 Å². The van der Waals surface area contributed by atoms with Crippen LogP contribution in [0.3, 0.4) is 0 Å². The van der Waals surface area contributed by atoms with E-state index in [-0.39, 0.29) is 12.1 Å². The molecule has 0 amide bonds. The van der Waals surface area contributed by atoms with Crippen molar-refractivity contribution >= 4 is 17.3 Å². The van der Waals surface area contributed by atoms with Crippen LogP contribution in [0, 0.1) is 0 Å². The molecule has 1 rings (SSSR count). The largest absolute Gasteiger partial charge is 0.457 e. The number of hydrogen-bond donors (Lipinski definition) is 2.